The Balaban J connectivity index is 2.28. The molecule has 0 spiro atoms. The summed E-state index contributed by atoms with van der Waals surface area (Å²) in [4.78, 5) is 23.5. The third kappa shape index (κ3) is 5.94. The van der Waals surface area contributed by atoms with Gasteiger partial charge >= 0.3 is 12.0 Å². The van der Waals surface area contributed by atoms with E-state index in [1.54, 1.807) is 0 Å². The lowest BCUT2D eigenvalue weighted by molar-refractivity contribution is -0.139. The fourth-order valence-electron chi connectivity index (χ4n) is 1.54. The number of thiophene rings is 1. The van der Waals surface area contributed by atoms with Crippen LogP contribution in [0.2, 0.25) is 4.34 Å². The number of hydrogen-bond acceptors (Lipinski definition) is 3. The minimum Gasteiger partial charge on any atom is -0.480 e. The average molecular weight is 305 g/mol. The van der Waals surface area contributed by atoms with E-state index in [9.17, 15) is 9.59 Å². The van der Waals surface area contributed by atoms with E-state index in [0.717, 1.165) is 4.88 Å². The lowest BCUT2D eigenvalue weighted by Gasteiger charge is -2.14. The van der Waals surface area contributed by atoms with Gasteiger partial charge in [-0.05, 0) is 25.0 Å². The minimum atomic E-state index is -1.01. The zero-order chi connectivity index (χ0) is 14.3. The normalized spacial score (nSPS) is 11.9. The molecule has 1 aromatic rings. The predicted octanol–water partition coefficient (Wildman–Crippen LogP) is 2.50. The standard InChI is InChI=1S/C12H17ClN2O3S/c1-2-3-9(11(16)17)15-12(18)14-7-6-8-4-5-10(13)19-8/h4-5,9H,2-3,6-7H2,1H3,(H,16,17)(H2,14,15,18). The number of rotatable bonds is 7. The van der Waals surface area contributed by atoms with Gasteiger partial charge in [0.1, 0.15) is 6.04 Å². The Labute approximate surface area is 121 Å². The summed E-state index contributed by atoms with van der Waals surface area (Å²) < 4.78 is 0.716. The van der Waals surface area contributed by atoms with Crippen LogP contribution in [0.4, 0.5) is 4.79 Å². The van der Waals surface area contributed by atoms with Crippen molar-refractivity contribution in [2.24, 2.45) is 0 Å². The first-order chi connectivity index (χ1) is 9.02. The molecular formula is C12H17ClN2O3S. The summed E-state index contributed by atoms with van der Waals surface area (Å²) in [6, 6.07) is 2.43. The number of hydrogen-bond donors (Lipinski definition) is 3. The summed E-state index contributed by atoms with van der Waals surface area (Å²) in [5.41, 5.74) is 0. The Morgan fingerprint density at radius 1 is 1.47 bits per heavy atom. The van der Waals surface area contributed by atoms with Crippen LogP contribution in [0.1, 0.15) is 24.6 Å². The van der Waals surface area contributed by atoms with Gasteiger partial charge < -0.3 is 15.7 Å². The number of carboxylic acid groups (broad SMARTS) is 1. The summed E-state index contributed by atoms with van der Waals surface area (Å²) in [5.74, 6) is -1.01. The summed E-state index contributed by atoms with van der Waals surface area (Å²) >= 11 is 7.26. The van der Waals surface area contributed by atoms with E-state index in [2.05, 4.69) is 10.6 Å². The van der Waals surface area contributed by atoms with Gasteiger partial charge in [-0.2, -0.15) is 0 Å². The molecule has 0 aliphatic carbocycles. The van der Waals surface area contributed by atoms with E-state index in [1.165, 1.54) is 11.3 Å². The van der Waals surface area contributed by atoms with E-state index >= 15 is 0 Å². The molecule has 106 valence electrons. The second kappa shape index (κ2) is 8.01. The number of carbonyl (C=O) groups is 2. The smallest absolute Gasteiger partial charge is 0.326 e. The highest BCUT2D eigenvalue weighted by Crippen LogP contribution is 2.21. The molecule has 1 heterocycles. The molecule has 0 fully saturated rings. The summed E-state index contributed by atoms with van der Waals surface area (Å²) in [6.07, 6.45) is 1.80. The third-order valence-corrected chi connectivity index (χ3v) is 3.76. The number of carboxylic acids is 1. The van der Waals surface area contributed by atoms with Crippen molar-refractivity contribution in [1.29, 1.82) is 0 Å². The van der Waals surface area contributed by atoms with E-state index in [0.29, 0.717) is 30.1 Å². The van der Waals surface area contributed by atoms with Crippen molar-refractivity contribution in [3.05, 3.63) is 21.3 Å². The van der Waals surface area contributed by atoms with Crippen molar-refractivity contribution in [2.45, 2.75) is 32.2 Å². The second-order valence-corrected chi connectivity index (χ2v) is 5.84. The summed E-state index contributed by atoms with van der Waals surface area (Å²) in [5, 5.41) is 14.0. The van der Waals surface area contributed by atoms with Crippen molar-refractivity contribution in [3.8, 4) is 0 Å². The molecule has 1 aromatic heterocycles. The van der Waals surface area contributed by atoms with Crippen molar-refractivity contribution < 1.29 is 14.7 Å². The van der Waals surface area contributed by atoms with Crippen LogP contribution < -0.4 is 10.6 Å². The molecule has 1 unspecified atom stereocenters. The van der Waals surface area contributed by atoms with Gasteiger partial charge in [-0.25, -0.2) is 9.59 Å². The van der Waals surface area contributed by atoms with Gasteiger partial charge in [-0.1, -0.05) is 24.9 Å². The molecule has 0 radical (unpaired) electrons. The fourth-order valence-corrected chi connectivity index (χ4v) is 2.63. The topological polar surface area (TPSA) is 78.4 Å². The predicted molar refractivity (Wildman–Crippen MR) is 75.9 cm³/mol. The fraction of sp³-hybridized carbons (Fsp3) is 0.500. The highest BCUT2D eigenvalue weighted by atomic mass is 35.5. The lowest BCUT2D eigenvalue weighted by Crippen LogP contribution is -2.46. The molecule has 0 aliphatic rings. The van der Waals surface area contributed by atoms with E-state index in [1.807, 2.05) is 19.1 Å². The largest absolute Gasteiger partial charge is 0.480 e. The molecule has 7 heteroatoms. The molecule has 0 aromatic carbocycles. The Kier molecular flexibility index (Phi) is 6.66. The van der Waals surface area contributed by atoms with Crippen LogP contribution >= 0.6 is 22.9 Å². The van der Waals surface area contributed by atoms with Crippen LogP contribution in [0, 0.1) is 0 Å². The maximum absolute atomic E-state index is 11.5. The van der Waals surface area contributed by atoms with Crippen LogP contribution in [0.25, 0.3) is 0 Å². The van der Waals surface area contributed by atoms with Gasteiger partial charge in [0.05, 0.1) is 4.34 Å². The Hall–Kier alpha value is -1.27. The van der Waals surface area contributed by atoms with Crippen LogP contribution in [-0.4, -0.2) is 29.7 Å². The van der Waals surface area contributed by atoms with Gasteiger partial charge in [0.2, 0.25) is 0 Å². The lowest BCUT2D eigenvalue weighted by atomic mass is 10.2. The van der Waals surface area contributed by atoms with Gasteiger partial charge in [0.25, 0.3) is 0 Å². The quantitative estimate of drug-likeness (QED) is 0.724. The Bertz CT molecular complexity index is 436. The van der Waals surface area contributed by atoms with Crippen molar-refractivity contribution >= 4 is 34.9 Å². The molecule has 0 saturated carbocycles. The average Bonchev–Trinajstić information content (AvgIpc) is 2.74. The first-order valence-corrected chi connectivity index (χ1v) is 7.23. The van der Waals surface area contributed by atoms with E-state index < -0.39 is 18.0 Å². The van der Waals surface area contributed by atoms with Crippen LogP contribution in [-0.2, 0) is 11.2 Å². The van der Waals surface area contributed by atoms with Crippen LogP contribution in [0.5, 0.6) is 0 Å². The van der Waals surface area contributed by atoms with Crippen LogP contribution in [0.3, 0.4) is 0 Å². The number of aliphatic carboxylic acids is 1. The van der Waals surface area contributed by atoms with Crippen molar-refractivity contribution in [1.82, 2.24) is 10.6 Å². The maximum Gasteiger partial charge on any atom is 0.326 e. The highest BCUT2D eigenvalue weighted by Gasteiger charge is 2.18. The number of urea groups is 1. The highest BCUT2D eigenvalue weighted by molar-refractivity contribution is 7.16. The molecule has 5 nitrogen and oxygen atoms in total. The molecule has 0 bridgehead atoms. The van der Waals surface area contributed by atoms with Gasteiger partial charge in [-0.3, -0.25) is 0 Å². The summed E-state index contributed by atoms with van der Waals surface area (Å²) in [7, 11) is 0. The number of carbonyl (C=O) groups excluding carboxylic acids is 1. The molecule has 1 atom stereocenters. The zero-order valence-corrected chi connectivity index (χ0v) is 12.2. The number of halogens is 1. The molecule has 1 rings (SSSR count). The van der Waals surface area contributed by atoms with Gasteiger partial charge in [-0.15, -0.1) is 11.3 Å². The van der Waals surface area contributed by atoms with Gasteiger partial charge in [0, 0.05) is 11.4 Å². The van der Waals surface area contributed by atoms with E-state index in [-0.39, 0.29) is 0 Å². The SMILES string of the molecule is CCCC(NC(=O)NCCc1ccc(Cl)s1)C(=O)O. The minimum absolute atomic E-state index is 0.420. The molecular weight excluding hydrogens is 288 g/mol. The van der Waals surface area contributed by atoms with E-state index in [4.69, 9.17) is 16.7 Å². The Morgan fingerprint density at radius 2 is 2.21 bits per heavy atom. The first kappa shape index (κ1) is 15.8. The van der Waals surface area contributed by atoms with Gasteiger partial charge in [0.15, 0.2) is 0 Å². The number of amides is 2. The monoisotopic (exact) mass is 304 g/mol. The van der Waals surface area contributed by atoms with Crippen LogP contribution in [0.15, 0.2) is 12.1 Å². The molecule has 0 aliphatic heterocycles. The zero-order valence-electron chi connectivity index (χ0n) is 10.6. The van der Waals surface area contributed by atoms with Crippen molar-refractivity contribution in [3.63, 3.8) is 0 Å². The molecule has 2 amide bonds. The first-order valence-electron chi connectivity index (χ1n) is 6.04. The molecule has 3 N–H and O–H groups in total. The Morgan fingerprint density at radius 3 is 2.74 bits per heavy atom. The second-order valence-electron chi connectivity index (χ2n) is 4.04. The van der Waals surface area contributed by atoms with Crippen molar-refractivity contribution in [2.75, 3.05) is 6.54 Å². The molecule has 0 saturated heterocycles. The molecule has 19 heavy (non-hydrogen) atoms. The third-order valence-electron chi connectivity index (χ3n) is 2.47. The summed E-state index contributed by atoms with van der Waals surface area (Å²) in [6.45, 7) is 2.32. The number of nitrogens with one attached hydrogen (secondary N) is 2. The maximum atomic E-state index is 11.5.